The fourth-order valence-corrected chi connectivity index (χ4v) is 2.32. The van der Waals surface area contributed by atoms with Crippen molar-refractivity contribution < 1.29 is 5.11 Å². The number of aliphatic hydroxyl groups is 1. The summed E-state index contributed by atoms with van der Waals surface area (Å²) in [6, 6.07) is 3.88. The second kappa shape index (κ2) is 4.48. The SMILES string of the molecule is OCC1(CNc2ccnc3cc(Br)cnc23)CC1. The van der Waals surface area contributed by atoms with Crippen LogP contribution in [0.5, 0.6) is 0 Å². The number of aliphatic hydroxyl groups excluding tert-OH is 1. The number of nitrogens with zero attached hydrogens (tertiary/aromatic N) is 2. The third-order valence-electron chi connectivity index (χ3n) is 3.49. The minimum absolute atomic E-state index is 0.0883. The van der Waals surface area contributed by atoms with Crippen LogP contribution in [0.25, 0.3) is 11.0 Å². The molecular weight excluding hydrogens is 294 g/mol. The van der Waals surface area contributed by atoms with Crippen LogP contribution in [0.3, 0.4) is 0 Å². The van der Waals surface area contributed by atoms with Gasteiger partial charge in [-0.2, -0.15) is 0 Å². The van der Waals surface area contributed by atoms with Crippen LogP contribution < -0.4 is 5.32 Å². The van der Waals surface area contributed by atoms with Crippen molar-refractivity contribution in [3.05, 3.63) is 29.0 Å². The van der Waals surface area contributed by atoms with Gasteiger partial charge in [-0.3, -0.25) is 9.97 Å². The Labute approximate surface area is 114 Å². The van der Waals surface area contributed by atoms with E-state index in [-0.39, 0.29) is 12.0 Å². The van der Waals surface area contributed by atoms with Crippen LogP contribution in [0.4, 0.5) is 5.69 Å². The first-order chi connectivity index (χ1) is 8.72. The molecule has 2 aromatic rings. The van der Waals surface area contributed by atoms with E-state index >= 15 is 0 Å². The highest BCUT2D eigenvalue weighted by atomic mass is 79.9. The van der Waals surface area contributed by atoms with Crippen LogP contribution in [-0.4, -0.2) is 28.2 Å². The minimum Gasteiger partial charge on any atom is -0.396 e. The number of aromatic nitrogens is 2. The van der Waals surface area contributed by atoms with Crippen LogP contribution in [0, 0.1) is 5.41 Å². The Morgan fingerprint density at radius 2 is 2.22 bits per heavy atom. The summed E-state index contributed by atoms with van der Waals surface area (Å²) in [6.45, 7) is 1.04. The maximum atomic E-state index is 9.31. The first kappa shape index (κ1) is 11.9. The van der Waals surface area contributed by atoms with Crippen molar-refractivity contribution >= 4 is 32.7 Å². The Morgan fingerprint density at radius 3 is 2.94 bits per heavy atom. The summed E-state index contributed by atoms with van der Waals surface area (Å²) in [5, 5.41) is 12.7. The molecule has 2 heterocycles. The third kappa shape index (κ3) is 2.20. The van der Waals surface area contributed by atoms with Crippen molar-refractivity contribution in [2.75, 3.05) is 18.5 Å². The highest BCUT2D eigenvalue weighted by Crippen LogP contribution is 2.45. The average Bonchev–Trinajstić information content (AvgIpc) is 3.16. The number of halogens is 1. The maximum absolute atomic E-state index is 9.31. The number of nitrogens with one attached hydrogen (secondary N) is 1. The van der Waals surface area contributed by atoms with Crippen molar-refractivity contribution in [3.63, 3.8) is 0 Å². The second-order valence-electron chi connectivity index (χ2n) is 4.89. The van der Waals surface area contributed by atoms with E-state index in [0.717, 1.165) is 40.6 Å². The summed E-state index contributed by atoms with van der Waals surface area (Å²) >= 11 is 3.39. The van der Waals surface area contributed by atoms with Gasteiger partial charge in [0.05, 0.1) is 17.8 Å². The first-order valence-electron chi connectivity index (χ1n) is 5.97. The van der Waals surface area contributed by atoms with Gasteiger partial charge in [-0.1, -0.05) is 0 Å². The number of hydrogen-bond acceptors (Lipinski definition) is 4. The molecule has 0 atom stereocenters. The number of pyridine rings is 2. The highest BCUT2D eigenvalue weighted by molar-refractivity contribution is 9.10. The Bertz CT molecular complexity index is 583. The van der Waals surface area contributed by atoms with E-state index in [1.807, 2.05) is 12.1 Å². The van der Waals surface area contributed by atoms with E-state index in [9.17, 15) is 5.11 Å². The molecule has 0 saturated heterocycles. The van der Waals surface area contributed by atoms with Crippen LogP contribution >= 0.6 is 15.9 Å². The first-order valence-corrected chi connectivity index (χ1v) is 6.77. The summed E-state index contributed by atoms with van der Waals surface area (Å²) in [5.41, 5.74) is 2.80. The summed E-state index contributed by atoms with van der Waals surface area (Å²) in [7, 11) is 0. The lowest BCUT2D eigenvalue weighted by Crippen LogP contribution is -2.19. The van der Waals surface area contributed by atoms with Crippen molar-refractivity contribution in [2.24, 2.45) is 5.41 Å². The molecule has 1 aliphatic carbocycles. The Hall–Kier alpha value is -1.20. The van der Waals surface area contributed by atoms with Gasteiger partial charge >= 0.3 is 0 Å². The Morgan fingerprint density at radius 1 is 1.39 bits per heavy atom. The van der Waals surface area contributed by atoms with Crippen LogP contribution in [-0.2, 0) is 0 Å². The predicted octanol–water partition coefficient (Wildman–Crippen LogP) is 2.58. The van der Waals surface area contributed by atoms with E-state index in [4.69, 9.17) is 0 Å². The lowest BCUT2D eigenvalue weighted by atomic mass is 10.1. The molecule has 1 saturated carbocycles. The number of fused-ring (bicyclic) bond motifs is 1. The lowest BCUT2D eigenvalue weighted by Gasteiger charge is -2.14. The highest BCUT2D eigenvalue weighted by Gasteiger charge is 2.41. The molecule has 0 radical (unpaired) electrons. The predicted molar refractivity (Wildman–Crippen MR) is 74.5 cm³/mol. The maximum Gasteiger partial charge on any atom is 0.112 e. The zero-order valence-corrected chi connectivity index (χ0v) is 11.4. The molecule has 0 unspecified atom stereocenters. The van der Waals surface area contributed by atoms with E-state index in [2.05, 4.69) is 31.2 Å². The van der Waals surface area contributed by atoms with Gasteiger partial charge in [-0.25, -0.2) is 0 Å². The van der Waals surface area contributed by atoms with Crippen molar-refractivity contribution in [2.45, 2.75) is 12.8 Å². The molecule has 5 heteroatoms. The normalized spacial score (nSPS) is 16.8. The molecule has 0 aliphatic heterocycles. The molecule has 4 nitrogen and oxygen atoms in total. The smallest absolute Gasteiger partial charge is 0.112 e. The molecule has 0 bridgehead atoms. The van der Waals surface area contributed by atoms with Crippen molar-refractivity contribution in [3.8, 4) is 0 Å². The summed E-state index contributed by atoms with van der Waals surface area (Å²) < 4.78 is 0.925. The van der Waals surface area contributed by atoms with Gasteiger partial charge in [0.15, 0.2) is 0 Å². The lowest BCUT2D eigenvalue weighted by molar-refractivity contribution is 0.220. The standard InChI is InChI=1S/C13H14BrN3O/c14-9-5-11-12(16-6-9)10(1-4-15-11)17-7-13(8-18)2-3-13/h1,4-6,18H,2-3,7-8H2,(H,15,17). The van der Waals surface area contributed by atoms with Crippen LogP contribution in [0.15, 0.2) is 29.0 Å². The third-order valence-corrected chi connectivity index (χ3v) is 3.92. The molecule has 2 N–H and O–H groups in total. The number of rotatable bonds is 4. The van der Waals surface area contributed by atoms with Gasteiger partial charge in [0.1, 0.15) is 5.52 Å². The number of anilines is 1. The molecule has 2 aromatic heterocycles. The average molecular weight is 308 g/mol. The Kier molecular flexibility index (Phi) is 2.95. The van der Waals surface area contributed by atoms with Gasteiger partial charge in [-0.05, 0) is 40.9 Å². The fourth-order valence-electron chi connectivity index (χ4n) is 2.00. The molecule has 18 heavy (non-hydrogen) atoms. The number of hydrogen-bond donors (Lipinski definition) is 2. The monoisotopic (exact) mass is 307 g/mol. The van der Waals surface area contributed by atoms with E-state index in [1.165, 1.54) is 0 Å². The van der Waals surface area contributed by atoms with Crippen LogP contribution in [0.1, 0.15) is 12.8 Å². The van der Waals surface area contributed by atoms with Gasteiger partial charge in [0, 0.05) is 28.8 Å². The molecule has 0 amide bonds. The second-order valence-corrected chi connectivity index (χ2v) is 5.81. The van der Waals surface area contributed by atoms with E-state index in [0.29, 0.717) is 0 Å². The van der Waals surface area contributed by atoms with Gasteiger partial charge in [0.2, 0.25) is 0 Å². The molecular formula is C13H14BrN3O. The molecule has 3 rings (SSSR count). The topological polar surface area (TPSA) is 58.0 Å². The van der Waals surface area contributed by atoms with E-state index in [1.54, 1.807) is 12.4 Å². The van der Waals surface area contributed by atoms with Crippen molar-refractivity contribution in [1.29, 1.82) is 0 Å². The summed E-state index contributed by atoms with van der Waals surface area (Å²) in [4.78, 5) is 8.69. The fraction of sp³-hybridized carbons (Fsp3) is 0.385. The molecule has 1 fully saturated rings. The van der Waals surface area contributed by atoms with Gasteiger partial charge < -0.3 is 10.4 Å². The molecule has 0 aromatic carbocycles. The Balaban J connectivity index is 1.87. The molecule has 94 valence electrons. The van der Waals surface area contributed by atoms with Crippen molar-refractivity contribution in [1.82, 2.24) is 9.97 Å². The minimum atomic E-state index is 0.0883. The van der Waals surface area contributed by atoms with Crippen LogP contribution in [0.2, 0.25) is 0 Å². The zero-order valence-electron chi connectivity index (χ0n) is 9.86. The molecule has 0 spiro atoms. The van der Waals surface area contributed by atoms with Gasteiger partial charge in [-0.15, -0.1) is 0 Å². The molecule has 1 aliphatic rings. The summed E-state index contributed by atoms with van der Waals surface area (Å²) in [6.07, 6.45) is 5.74. The largest absolute Gasteiger partial charge is 0.396 e. The zero-order chi connectivity index (χ0) is 12.6. The van der Waals surface area contributed by atoms with E-state index < -0.39 is 0 Å². The van der Waals surface area contributed by atoms with Gasteiger partial charge in [0.25, 0.3) is 0 Å². The summed E-state index contributed by atoms with van der Waals surface area (Å²) in [5.74, 6) is 0. The quantitative estimate of drug-likeness (QED) is 0.911.